The standard InChI is InChI=1S/C8H7N3O/c1-6-7(3-2-4-10-6)8(12)5-11-9/h2-5H,1H3. The third-order valence-electron chi connectivity index (χ3n) is 1.45. The number of pyridine rings is 1. The number of carbonyl (C=O) groups excluding carboxylic acids is 1. The molecule has 0 unspecified atom stereocenters. The molecule has 0 aliphatic rings. The van der Waals surface area contributed by atoms with E-state index >= 15 is 0 Å². The van der Waals surface area contributed by atoms with Crippen molar-refractivity contribution < 1.29 is 9.58 Å². The Hall–Kier alpha value is -1.80. The summed E-state index contributed by atoms with van der Waals surface area (Å²) in [5.41, 5.74) is 9.20. The minimum Gasteiger partial charge on any atom is -0.361 e. The van der Waals surface area contributed by atoms with E-state index in [1.807, 2.05) is 0 Å². The summed E-state index contributed by atoms with van der Waals surface area (Å²) in [6, 6.07) is 3.29. The molecule has 0 saturated heterocycles. The van der Waals surface area contributed by atoms with Crippen LogP contribution in [0.2, 0.25) is 0 Å². The summed E-state index contributed by atoms with van der Waals surface area (Å²) < 4.78 is 0. The van der Waals surface area contributed by atoms with Crippen molar-refractivity contribution in [2.24, 2.45) is 0 Å². The molecule has 0 amide bonds. The van der Waals surface area contributed by atoms with Crippen LogP contribution in [0.4, 0.5) is 0 Å². The van der Waals surface area contributed by atoms with E-state index in [1.54, 1.807) is 25.3 Å². The molecular formula is C8H7N3O. The second kappa shape index (κ2) is 3.55. The molecule has 0 aromatic carbocycles. The third kappa shape index (κ3) is 1.62. The van der Waals surface area contributed by atoms with E-state index in [0.29, 0.717) is 11.3 Å². The lowest BCUT2D eigenvalue weighted by Gasteiger charge is -1.95. The topological polar surface area (TPSA) is 66.4 Å². The van der Waals surface area contributed by atoms with Gasteiger partial charge in [0.05, 0.1) is 5.56 Å². The quantitative estimate of drug-likeness (QED) is 0.279. The zero-order valence-corrected chi connectivity index (χ0v) is 6.56. The molecule has 60 valence electrons. The van der Waals surface area contributed by atoms with E-state index in [9.17, 15) is 4.79 Å². The minimum atomic E-state index is -0.344. The van der Waals surface area contributed by atoms with Gasteiger partial charge in [0.15, 0.2) is 0 Å². The molecule has 1 aromatic rings. The SMILES string of the molecule is Cc1ncccc1C(=O)C=[N+]=[N-]. The molecule has 12 heavy (non-hydrogen) atoms. The van der Waals surface area contributed by atoms with Crippen molar-refractivity contribution in [1.82, 2.24) is 4.98 Å². The van der Waals surface area contributed by atoms with Gasteiger partial charge in [-0.2, -0.15) is 4.79 Å². The first-order chi connectivity index (χ1) is 5.75. The Balaban J connectivity index is 3.11. The predicted octanol–water partition coefficient (Wildman–Crippen LogP) is 0.873. The van der Waals surface area contributed by atoms with Crippen LogP contribution in [0.15, 0.2) is 18.3 Å². The van der Waals surface area contributed by atoms with Gasteiger partial charge in [-0.15, -0.1) is 0 Å². The van der Waals surface area contributed by atoms with E-state index in [1.165, 1.54) is 0 Å². The summed E-state index contributed by atoms with van der Waals surface area (Å²) in [5, 5.41) is 0. The number of carbonyl (C=O) groups is 1. The van der Waals surface area contributed by atoms with Crippen molar-refractivity contribution in [1.29, 1.82) is 0 Å². The molecule has 0 aliphatic heterocycles. The number of Topliss-reactive ketones (excluding diaryl/α,β-unsaturated/α-hetero) is 1. The first kappa shape index (κ1) is 8.30. The number of ketones is 1. The fourth-order valence-corrected chi connectivity index (χ4v) is 0.867. The summed E-state index contributed by atoms with van der Waals surface area (Å²) in [5.74, 6) is -0.344. The predicted molar refractivity (Wildman–Crippen MR) is 43.0 cm³/mol. The Kier molecular flexibility index (Phi) is 2.46. The molecule has 0 radical (unpaired) electrons. The molecule has 0 saturated carbocycles. The number of hydrogen-bond donors (Lipinski definition) is 0. The molecule has 1 aromatic heterocycles. The number of hydrogen-bond acceptors (Lipinski definition) is 2. The zero-order valence-electron chi connectivity index (χ0n) is 6.56. The lowest BCUT2D eigenvalue weighted by Crippen LogP contribution is -2.04. The van der Waals surface area contributed by atoms with Crippen LogP contribution in [0.25, 0.3) is 5.53 Å². The van der Waals surface area contributed by atoms with Gasteiger partial charge < -0.3 is 5.53 Å². The monoisotopic (exact) mass is 161 g/mol. The van der Waals surface area contributed by atoms with Crippen LogP contribution in [0, 0.1) is 6.92 Å². The Labute approximate surface area is 69.5 Å². The lowest BCUT2D eigenvalue weighted by molar-refractivity contribution is 0.00233. The average Bonchev–Trinajstić information content (AvgIpc) is 2.05. The summed E-state index contributed by atoms with van der Waals surface area (Å²) in [7, 11) is 0. The van der Waals surface area contributed by atoms with Crippen molar-refractivity contribution in [3.8, 4) is 0 Å². The van der Waals surface area contributed by atoms with E-state index in [0.717, 1.165) is 6.21 Å². The molecule has 1 heterocycles. The first-order valence-electron chi connectivity index (χ1n) is 3.39. The molecule has 0 aliphatic carbocycles. The lowest BCUT2D eigenvalue weighted by atomic mass is 10.1. The Morgan fingerprint density at radius 2 is 2.50 bits per heavy atom. The highest BCUT2D eigenvalue weighted by molar-refractivity contribution is 6.33. The fraction of sp³-hybridized carbons (Fsp3) is 0.125. The van der Waals surface area contributed by atoms with Crippen molar-refractivity contribution in [2.45, 2.75) is 6.92 Å². The van der Waals surface area contributed by atoms with Crippen LogP contribution in [0.3, 0.4) is 0 Å². The number of aromatic nitrogens is 1. The fourth-order valence-electron chi connectivity index (χ4n) is 0.867. The Morgan fingerprint density at radius 3 is 3.08 bits per heavy atom. The average molecular weight is 161 g/mol. The van der Waals surface area contributed by atoms with Gasteiger partial charge in [-0.1, -0.05) is 0 Å². The van der Waals surface area contributed by atoms with Crippen molar-refractivity contribution >= 4 is 12.0 Å². The van der Waals surface area contributed by atoms with E-state index in [4.69, 9.17) is 5.53 Å². The molecular weight excluding hydrogens is 154 g/mol. The van der Waals surface area contributed by atoms with E-state index in [2.05, 4.69) is 9.77 Å². The molecule has 4 heteroatoms. The number of aryl methyl sites for hydroxylation is 1. The molecule has 4 nitrogen and oxygen atoms in total. The van der Waals surface area contributed by atoms with Crippen LogP contribution in [-0.2, 0) is 0 Å². The van der Waals surface area contributed by atoms with Gasteiger partial charge in [0.1, 0.15) is 0 Å². The maximum Gasteiger partial charge on any atom is 0.328 e. The van der Waals surface area contributed by atoms with Crippen LogP contribution in [-0.4, -0.2) is 21.8 Å². The van der Waals surface area contributed by atoms with Crippen molar-refractivity contribution in [3.05, 3.63) is 35.1 Å². The molecule has 0 bridgehead atoms. The second-order valence-electron chi connectivity index (χ2n) is 2.25. The van der Waals surface area contributed by atoms with Crippen LogP contribution >= 0.6 is 0 Å². The van der Waals surface area contributed by atoms with Gasteiger partial charge in [0.2, 0.25) is 0 Å². The van der Waals surface area contributed by atoms with Gasteiger partial charge in [-0.25, -0.2) is 0 Å². The maximum atomic E-state index is 11.1. The van der Waals surface area contributed by atoms with Crippen LogP contribution in [0.1, 0.15) is 16.1 Å². The number of nitrogens with zero attached hydrogens (tertiary/aromatic N) is 3. The summed E-state index contributed by atoms with van der Waals surface area (Å²) >= 11 is 0. The van der Waals surface area contributed by atoms with Gasteiger partial charge >= 0.3 is 6.21 Å². The summed E-state index contributed by atoms with van der Waals surface area (Å²) in [6.07, 6.45) is 2.45. The smallest absolute Gasteiger partial charge is 0.328 e. The minimum absolute atomic E-state index is 0.344. The zero-order chi connectivity index (χ0) is 8.97. The van der Waals surface area contributed by atoms with Gasteiger partial charge in [-0.05, 0) is 19.1 Å². The number of rotatable bonds is 2. The third-order valence-corrected chi connectivity index (χ3v) is 1.45. The molecule has 0 atom stereocenters. The molecule has 0 fully saturated rings. The van der Waals surface area contributed by atoms with Crippen LogP contribution in [0.5, 0.6) is 0 Å². The van der Waals surface area contributed by atoms with Crippen LogP contribution < -0.4 is 0 Å². The highest BCUT2D eigenvalue weighted by atomic mass is 16.1. The van der Waals surface area contributed by atoms with Gasteiger partial charge in [0.25, 0.3) is 5.78 Å². The molecule has 1 rings (SSSR count). The normalized spacial score (nSPS) is 8.75. The van der Waals surface area contributed by atoms with Gasteiger partial charge in [0, 0.05) is 11.9 Å². The molecule has 0 spiro atoms. The largest absolute Gasteiger partial charge is 0.361 e. The summed E-state index contributed by atoms with van der Waals surface area (Å²) in [6.45, 7) is 1.72. The highest BCUT2D eigenvalue weighted by Gasteiger charge is 2.09. The van der Waals surface area contributed by atoms with E-state index in [-0.39, 0.29) is 5.78 Å². The highest BCUT2D eigenvalue weighted by Crippen LogP contribution is 2.02. The Morgan fingerprint density at radius 1 is 1.75 bits per heavy atom. The second-order valence-corrected chi connectivity index (χ2v) is 2.25. The van der Waals surface area contributed by atoms with Crippen molar-refractivity contribution in [3.63, 3.8) is 0 Å². The Bertz CT molecular complexity index is 353. The van der Waals surface area contributed by atoms with Crippen molar-refractivity contribution in [2.75, 3.05) is 0 Å². The maximum absolute atomic E-state index is 11.1. The molecule has 0 N–H and O–H groups in total. The first-order valence-corrected chi connectivity index (χ1v) is 3.39. The van der Waals surface area contributed by atoms with E-state index < -0.39 is 0 Å². The van der Waals surface area contributed by atoms with Gasteiger partial charge in [-0.3, -0.25) is 9.78 Å². The summed E-state index contributed by atoms with van der Waals surface area (Å²) in [4.78, 5) is 17.7.